The number of carbonyl (C=O) groups excluding carboxylic acids is 1. The minimum atomic E-state index is -0.242. The summed E-state index contributed by atoms with van der Waals surface area (Å²) < 4.78 is 5.26. The van der Waals surface area contributed by atoms with Gasteiger partial charge in [-0.15, -0.1) is 11.8 Å². The van der Waals surface area contributed by atoms with Crippen molar-refractivity contribution in [1.82, 2.24) is 20.8 Å². The standard InChI is InChI=1S/C16H19ClN4O3S/c1-9-10(6-7-22)15(23)20-16(18-9)25-8-13-19-14(21-24-13)11-4-2-3-5-12(11)17/h2-5,9-10,16,18,22H,6-8H2,1H3,(H,20,23). The lowest BCUT2D eigenvalue weighted by molar-refractivity contribution is -0.128. The number of rotatable bonds is 6. The lowest BCUT2D eigenvalue weighted by atomic mass is 9.95. The molecule has 1 amide bonds. The molecule has 9 heteroatoms. The van der Waals surface area contributed by atoms with E-state index in [0.717, 1.165) is 0 Å². The molecule has 0 bridgehead atoms. The summed E-state index contributed by atoms with van der Waals surface area (Å²) in [5.41, 5.74) is 0.474. The summed E-state index contributed by atoms with van der Waals surface area (Å²) in [5, 5.41) is 19.8. The fourth-order valence-corrected chi connectivity index (χ4v) is 3.85. The van der Waals surface area contributed by atoms with E-state index in [2.05, 4.69) is 20.8 Å². The Morgan fingerprint density at radius 2 is 2.20 bits per heavy atom. The molecule has 2 heterocycles. The number of amides is 1. The van der Waals surface area contributed by atoms with Crippen molar-refractivity contribution >= 4 is 29.3 Å². The summed E-state index contributed by atoms with van der Waals surface area (Å²) in [6.45, 7) is 1.93. The number of nitrogens with zero attached hydrogens (tertiary/aromatic N) is 2. The van der Waals surface area contributed by atoms with Crippen molar-refractivity contribution in [3.8, 4) is 11.4 Å². The van der Waals surface area contributed by atoms with Gasteiger partial charge >= 0.3 is 0 Å². The predicted molar refractivity (Wildman–Crippen MR) is 95.8 cm³/mol. The van der Waals surface area contributed by atoms with Gasteiger partial charge in [0, 0.05) is 18.2 Å². The van der Waals surface area contributed by atoms with E-state index in [9.17, 15) is 4.79 Å². The minimum absolute atomic E-state index is 0.00523. The fourth-order valence-electron chi connectivity index (χ4n) is 2.69. The molecule has 1 fully saturated rings. The summed E-state index contributed by atoms with van der Waals surface area (Å²) in [7, 11) is 0. The van der Waals surface area contributed by atoms with Crippen molar-refractivity contribution in [3.63, 3.8) is 0 Å². The van der Waals surface area contributed by atoms with E-state index >= 15 is 0 Å². The first-order valence-electron chi connectivity index (χ1n) is 7.95. The van der Waals surface area contributed by atoms with Crippen LogP contribution in [0.1, 0.15) is 19.2 Å². The maximum absolute atomic E-state index is 12.1. The highest BCUT2D eigenvalue weighted by atomic mass is 35.5. The van der Waals surface area contributed by atoms with Crippen LogP contribution in [0.4, 0.5) is 0 Å². The number of thioether (sulfide) groups is 1. The van der Waals surface area contributed by atoms with Gasteiger partial charge in [0.2, 0.25) is 17.6 Å². The van der Waals surface area contributed by atoms with Crippen molar-refractivity contribution in [2.75, 3.05) is 6.61 Å². The van der Waals surface area contributed by atoms with E-state index in [1.54, 1.807) is 6.07 Å². The number of nitrogens with one attached hydrogen (secondary N) is 2. The number of hydrogen-bond acceptors (Lipinski definition) is 7. The maximum atomic E-state index is 12.1. The molecule has 3 rings (SSSR count). The summed E-state index contributed by atoms with van der Waals surface area (Å²) >= 11 is 7.59. The fraction of sp³-hybridized carbons (Fsp3) is 0.438. The molecule has 1 aromatic heterocycles. The highest BCUT2D eigenvalue weighted by molar-refractivity contribution is 7.99. The van der Waals surface area contributed by atoms with Gasteiger partial charge in [-0.05, 0) is 25.5 Å². The maximum Gasteiger partial charge on any atom is 0.237 e. The Morgan fingerprint density at radius 3 is 2.92 bits per heavy atom. The number of benzene rings is 1. The van der Waals surface area contributed by atoms with Crippen LogP contribution in [0.15, 0.2) is 28.8 Å². The van der Waals surface area contributed by atoms with Crippen LogP contribution in [-0.2, 0) is 10.5 Å². The van der Waals surface area contributed by atoms with Gasteiger partial charge in [0.15, 0.2) is 0 Å². The topological polar surface area (TPSA) is 100 Å². The summed E-state index contributed by atoms with van der Waals surface area (Å²) in [6, 6.07) is 7.28. The third kappa shape index (κ3) is 4.33. The van der Waals surface area contributed by atoms with Gasteiger partial charge in [0.1, 0.15) is 5.50 Å². The molecule has 3 unspecified atom stereocenters. The summed E-state index contributed by atoms with van der Waals surface area (Å²) in [6.07, 6.45) is 0.447. The minimum Gasteiger partial charge on any atom is -0.396 e. The molecule has 7 nitrogen and oxygen atoms in total. The van der Waals surface area contributed by atoms with Gasteiger partial charge in [-0.25, -0.2) is 0 Å². The molecule has 25 heavy (non-hydrogen) atoms. The summed E-state index contributed by atoms with van der Waals surface area (Å²) in [5.74, 6) is 1.07. The molecule has 3 N–H and O–H groups in total. The first-order valence-corrected chi connectivity index (χ1v) is 9.37. The van der Waals surface area contributed by atoms with Crippen LogP contribution in [0.3, 0.4) is 0 Å². The van der Waals surface area contributed by atoms with Crippen LogP contribution in [0.5, 0.6) is 0 Å². The van der Waals surface area contributed by atoms with E-state index in [1.807, 2.05) is 25.1 Å². The number of hydrogen-bond donors (Lipinski definition) is 3. The van der Waals surface area contributed by atoms with Gasteiger partial charge in [0.05, 0.1) is 16.7 Å². The molecule has 1 aliphatic rings. The number of carbonyl (C=O) groups is 1. The van der Waals surface area contributed by atoms with Crippen molar-refractivity contribution < 1.29 is 14.4 Å². The lowest BCUT2D eigenvalue weighted by Gasteiger charge is -2.34. The SMILES string of the molecule is CC1NC(SCc2nc(-c3ccccc3Cl)no2)NC(=O)C1CCO. The molecule has 0 radical (unpaired) electrons. The van der Waals surface area contributed by atoms with Crippen LogP contribution in [0.2, 0.25) is 5.02 Å². The monoisotopic (exact) mass is 382 g/mol. The molecule has 1 aliphatic heterocycles. The molecule has 0 spiro atoms. The normalized spacial score (nSPS) is 23.5. The van der Waals surface area contributed by atoms with E-state index in [1.165, 1.54) is 11.8 Å². The molecule has 1 saturated heterocycles. The molecule has 0 aliphatic carbocycles. The van der Waals surface area contributed by atoms with Gasteiger partial charge in [0.25, 0.3) is 0 Å². The van der Waals surface area contributed by atoms with Crippen LogP contribution >= 0.6 is 23.4 Å². The first kappa shape index (κ1) is 18.2. The number of aromatic nitrogens is 2. The largest absolute Gasteiger partial charge is 0.396 e. The lowest BCUT2D eigenvalue weighted by Crippen LogP contribution is -2.59. The van der Waals surface area contributed by atoms with Gasteiger partial charge in [-0.3, -0.25) is 10.1 Å². The van der Waals surface area contributed by atoms with Crippen molar-refractivity contribution in [2.24, 2.45) is 5.92 Å². The molecule has 3 atom stereocenters. The van der Waals surface area contributed by atoms with Gasteiger partial charge in [-0.1, -0.05) is 28.9 Å². The highest BCUT2D eigenvalue weighted by Gasteiger charge is 2.33. The van der Waals surface area contributed by atoms with Crippen LogP contribution in [0.25, 0.3) is 11.4 Å². The Labute approximate surface area is 154 Å². The van der Waals surface area contributed by atoms with Crippen LogP contribution in [0, 0.1) is 5.92 Å². The van der Waals surface area contributed by atoms with Crippen molar-refractivity contribution in [1.29, 1.82) is 0 Å². The highest BCUT2D eigenvalue weighted by Crippen LogP contribution is 2.26. The average Bonchev–Trinajstić information content (AvgIpc) is 3.05. The van der Waals surface area contributed by atoms with E-state index in [-0.39, 0.29) is 30.0 Å². The van der Waals surface area contributed by atoms with Gasteiger partial charge in [-0.2, -0.15) is 4.98 Å². The first-order chi connectivity index (χ1) is 12.1. The molecule has 2 aromatic rings. The Hall–Kier alpha value is -1.61. The Bertz CT molecular complexity index is 742. The van der Waals surface area contributed by atoms with Crippen LogP contribution < -0.4 is 10.6 Å². The second kappa shape index (κ2) is 8.18. The zero-order chi connectivity index (χ0) is 17.8. The quantitative estimate of drug-likeness (QED) is 0.702. The molecular formula is C16H19ClN4O3S. The van der Waals surface area contributed by atoms with E-state index < -0.39 is 0 Å². The van der Waals surface area contributed by atoms with E-state index in [4.69, 9.17) is 21.2 Å². The smallest absolute Gasteiger partial charge is 0.237 e. The average molecular weight is 383 g/mol. The molecular weight excluding hydrogens is 364 g/mol. The van der Waals surface area contributed by atoms with E-state index in [0.29, 0.717) is 34.5 Å². The third-order valence-electron chi connectivity index (χ3n) is 4.02. The Morgan fingerprint density at radius 1 is 1.40 bits per heavy atom. The Balaban J connectivity index is 1.58. The van der Waals surface area contributed by atoms with Crippen molar-refractivity contribution in [2.45, 2.75) is 30.6 Å². The summed E-state index contributed by atoms with van der Waals surface area (Å²) in [4.78, 5) is 16.5. The molecule has 1 aromatic carbocycles. The number of halogens is 1. The zero-order valence-corrected chi connectivity index (χ0v) is 15.2. The zero-order valence-electron chi connectivity index (χ0n) is 13.6. The number of aliphatic hydroxyl groups is 1. The molecule has 134 valence electrons. The second-order valence-electron chi connectivity index (χ2n) is 5.77. The third-order valence-corrected chi connectivity index (χ3v) is 5.35. The van der Waals surface area contributed by atoms with Crippen LogP contribution in [-0.4, -0.2) is 39.3 Å². The van der Waals surface area contributed by atoms with Crippen molar-refractivity contribution in [3.05, 3.63) is 35.2 Å². The number of aliphatic hydroxyl groups excluding tert-OH is 1. The Kier molecular flexibility index (Phi) is 5.95. The second-order valence-corrected chi connectivity index (χ2v) is 7.27. The van der Waals surface area contributed by atoms with Gasteiger partial charge < -0.3 is 14.9 Å². The predicted octanol–water partition coefficient (Wildman–Crippen LogP) is 2.01. The molecule has 0 saturated carbocycles.